The molecule has 2 N–H and O–H groups in total. The molecular weight excluding hydrogens is 202 g/mol. The van der Waals surface area contributed by atoms with E-state index in [9.17, 15) is 4.79 Å². The number of carbonyl (C=O) groups is 1. The van der Waals surface area contributed by atoms with E-state index in [1.165, 1.54) is 19.3 Å². The zero-order chi connectivity index (χ0) is 12.0. The Morgan fingerprint density at radius 3 is 2.75 bits per heavy atom. The van der Waals surface area contributed by atoms with Gasteiger partial charge in [0.2, 0.25) is 0 Å². The summed E-state index contributed by atoms with van der Waals surface area (Å²) >= 11 is 0. The van der Waals surface area contributed by atoms with Gasteiger partial charge in [-0.2, -0.15) is 0 Å². The molecule has 0 bridgehead atoms. The lowest BCUT2D eigenvalue weighted by Crippen LogP contribution is -2.40. The first-order valence-corrected chi connectivity index (χ1v) is 6.49. The molecule has 1 aliphatic carbocycles. The first-order chi connectivity index (χ1) is 7.70. The molecule has 0 aliphatic heterocycles. The van der Waals surface area contributed by atoms with E-state index in [0.29, 0.717) is 18.9 Å². The zero-order valence-electron chi connectivity index (χ0n) is 10.6. The quantitative estimate of drug-likeness (QED) is 0.756. The van der Waals surface area contributed by atoms with E-state index < -0.39 is 0 Å². The van der Waals surface area contributed by atoms with Crippen molar-refractivity contribution in [3.63, 3.8) is 0 Å². The molecule has 3 atom stereocenters. The van der Waals surface area contributed by atoms with Crippen molar-refractivity contribution in [1.29, 1.82) is 0 Å². The second-order valence-corrected chi connectivity index (χ2v) is 4.85. The van der Waals surface area contributed by atoms with E-state index in [1.807, 2.05) is 0 Å². The van der Waals surface area contributed by atoms with Crippen LogP contribution in [0.3, 0.4) is 0 Å². The summed E-state index contributed by atoms with van der Waals surface area (Å²) in [5.74, 6) is 1.05. The van der Waals surface area contributed by atoms with Crippen LogP contribution in [0, 0.1) is 11.8 Å². The minimum atomic E-state index is -0.322. The van der Waals surface area contributed by atoms with E-state index in [2.05, 4.69) is 6.92 Å². The van der Waals surface area contributed by atoms with Gasteiger partial charge < -0.3 is 10.5 Å². The van der Waals surface area contributed by atoms with Crippen molar-refractivity contribution in [2.45, 2.75) is 51.5 Å². The molecule has 1 saturated carbocycles. The molecule has 1 aliphatic rings. The third kappa shape index (κ3) is 3.56. The molecule has 94 valence electrons. The highest BCUT2D eigenvalue weighted by Gasteiger charge is 2.32. The molecule has 0 spiro atoms. The maximum atomic E-state index is 12.2. The average Bonchev–Trinajstić information content (AvgIpc) is 2.34. The van der Waals surface area contributed by atoms with Crippen LogP contribution >= 0.6 is 0 Å². The van der Waals surface area contributed by atoms with Gasteiger partial charge in [0.05, 0.1) is 6.04 Å². The predicted molar refractivity (Wildman–Crippen MR) is 65.2 cm³/mol. The summed E-state index contributed by atoms with van der Waals surface area (Å²) in [5, 5.41) is 0. The summed E-state index contributed by atoms with van der Waals surface area (Å²) < 4.78 is 4.97. The number of hydrogen-bond acceptors (Lipinski definition) is 3. The van der Waals surface area contributed by atoms with Crippen LogP contribution in [0.15, 0.2) is 0 Å². The fourth-order valence-electron chi connectivity index (χ4n) is 2.73. The normalized spacial score (nSPS) is 27.7. The molecule has 3 nitrogen and oxygen atoms in total. The zero-order valence-corrected chi connectivity index (χ0v) is 10.6. The van der Waals surface area contributed by atoms with Crippen LogP contribution < -0.4 is 5.73 Å². The summed E-state index contributed by atoms with van der Waals surface area (Å²) in [6, 6.07) is -0.322. The summed E-state index contributed by atoms with van der Waals surface area (Å²) in [4.78, 5) is 12.2. The third-order valence-electron chi connectivity index (χ3n) is 3.80. The first-order valence-electron chi connectivity index (χ1n) is 6.49. The van der Waals surface area contributed by atoms with Crippen LogP contribution in [0.5, 0.6) is 0 Å². The predicted octanol–water partition coefficient (Wildman–Crippen LogP) is 2.14. The molecule has 3 heteroatoms. The van der Waals surface area contributed by atoms with E-state index in [1.54, 1.807) is 7.11 Å². The van der Waals surface area contributed by atoms with Gasteiger partial charge in [0.1, 0.15) is 0 Å². The van der Waals surface area contributed by atoms with Gasteiger partial charge in [-0.1, -0.05) is 26.2 Å². The summed E-state index contributed by atoms with van der Waals surface area (Å²) in [5.41, 5.74) is 5.92. The molecule has 0 heterocycles. The van der Waals surface area contributed by atoms with Crippen LogP contribution in [-0.2, 0) is 9.53 Å². The molecule has 0 amide bonds. The van der Waals surface area contributed by atoms with Gasteiger partial charge in [-0.05, 0) is 25.2 Å². The molecule has 0 radical (unpaired) electrons. The number of ketones is 1. The standard InChI is InChI=1S/C13H25NO2/c1-3-10-6-4-5-7-11(10)13(15)12(14)8-9-16-2/h10-12H,3-9,14H2,1-2H3. The molecule has 1 fully saturated rings. The fraction of sp³-hybridized carbons (Fsp3) is 0.923. The Morgan fingerprint density at radius 1 is 1.44 bits per heavy atom. The molecule has 0 aromatic carbocycles. The topological polar surface area (TPSA) is 52.3 Å². The number of ether oxygens (including phenoxy) is 1. The van der Waals surface area contributed by atoms with Crippen LogP contribution in [-0.4, -0.2) is 25.5 Å². The van der Waals surface area contributed by atoms with Gasteiger partial charge in [-0.25, -0.2) is 0 Å². The highest BCUT2D eigenvalue weighted by molar-refractivity contribution is 5.86. The Labute approximate surface area is 98.7 Å². The van der Waals surface area contributed by atoms with Crippen molar-refractivity contribution in [2.75, 3.05) is 13.7 Å². The highest BCUT2D eigenvalue weighted by Crippen LogP contribution is 2.33. The number of nitrogens with two attached hydrogens (primary N) is 1. The lowest BCUT2D eigenvalue weighted by atomic mass is 9.74. The van der Waals surface area contributed by atoms with Gasteiger partial charge >= 0.3 is 0 Å². The fourth-order valence-corrected chi connectivity index (χ4v) is 2.73. The van der Waals surface area contributed by atoms with E-state index in [-0.39, 0.29) is 17.7 Å². The minimum absolute atomic E-state index is 0.214. The highest BCUT2D eigenvalue weighted by atomic mass is 16.5. The van der Waals surface area contributed by atoms with E-state index in [0.717, 1.165) is 12.8 Å². The summed E-state index contributed by atoms with van der Waals surface area (Å²) in [6.45, 7) is 2.76. The molecule has 0 aromatic rings. The number of hydrogen-bond donors (Lipinski definition) is 1. The number of Topliss-reactive ketones (excluding diaryl/α,β-unsaturated/α-hetero) is 1. The number of carbonyl (C=O) groups excluding carboxylic acids is 1. The van der Waals surface area contributed by atoms with Crippen molar-refractivity contribution in [2.24, 2.45) is 17.6 Å². The molecule has 1 rings (SSSR count). The molecule has 0 aromatic heterocycles. The molecular formula is C13H25NO2. The summed E-state index contributed by atoms with van der Waals surface area (Å²) in [7, 11) is 1.65. The van der Waals surface area contributed by atoms with Crippen LogP contribution in [0.25, 0.3) is 0 Å². The Hall–Kier alpha value is -0.410. The van der Waals surface area contributed by atoms with E-state index >= 15 is 0 Å². The monoisotopic (exact) mass is 227 g/mol. The van der Waals surface area contributed by atoms with Crippen LogP contribution in [0.2, 0.25) is 0 Å². The van der Waals surface area contributed by atoms with Crippen molar-refractivity contribution >= 4 is 5.78 Å². The van der Waals surface area contributed by atoms with Crippen molar-refractivity contribution in [3.8, 4) is 0 Å². The Balaban J connectivity index is 2.49. The first kappa shape index (κ1) is 13.7. The van der Waals surface area contributed by atoms with Gasteiger partial charge in [0.25, 0.3) is 0 Å². The smallest absolute Gasteiger partial charge is 0.152 e. The maximum Gasteiger partial charge on any atom is 0.152 e. The Bertz CT molecular complexity index is 218. The van der Waals surface area contributed by atoms with Crippen LogP contribution in [0.4, 0.5) is 0 Å². The molecule has 3 unspecified atom stereocenters. The Morgan fingerprint density at radius 2 is 2.12 bits per heavy atom. The summed E-state index contributed by atoms with van der Waals surface area (Å²) in [6.07, 6.45) is 6.46. The van der Waals surface area contributed by atoms with Gasteiger partial charge in [0.15, 0.2) is 5.78 Å². The molecule has 16 heavy (non-hydrogen) atoms. The lowest BCUT2D eigenvalue weighted by Gasteiger charge is -2.31. The van der Waals surface area contributed by atoms with E-state index in [4.69, 9.17) is 10.5 Å². The maximum absolute atomic E-state index is 12.2. The molecule has 0 saturated heterocycles. The van der Waals surface area contributed by atoms with Crippen molar-refractivity contribution < 1.29 is 9.53 Å². The van der Waals surface area contributed by atoms with Gasteiger partial charge in [0, 0.05) is 19.6 Å². The third-order valence-corrected chi connectivity index (χ3v) is 3.80. The van der Waals surface area contributed by atoms with Crippen molar-refractivity contribution in [1.82, 2.24) is 0 Å². The second-order valence-electron chi connectivity index (χ2n) is 4.85. The number of rotatable bonds is 6. The largest absolute Gasteiger partial charge is 0.385 e. The SMILES string of the molecule is CCC1CCCCC1C(=O)C(N)CCOC. The van der Waals surface area contributed by atoms with Gasteiger partial charge in [-0.15, -0.1) is 0 Å². The second kappa shape index (κ2) is 7.02. The van der Waals surface area contributed by atoms with Crippen molar-refractivity contribution in [3.05, 3.63) is 0 Å². The lowest BCUT2D eigenvalue weighted by molar-refractivity contribution is -0.127. The Kier molecular flexibility index (Phi) is 5.99. The average molecular weight is 227 g/mol. The van der Waals surface area contributed by atoms with Gasteiger partial charge in [-0.3, -0.25) is 4.79 Å². The number of methoxy groups -OCH3 is 1. The van der Waals surface area contributed by atoms with Crippen LogP contribution in [0.1, 0.15) is 45.4 Å². The minimum Gasteiger partial charge on any atom is -0.385 e.